The Morgan fingerprint density at radius 2 is 2.33 bits per heavy atom. The first kappa shape index (κ1) is 10.2. The predicted molar refractivity (Wildman–Crippen MR) is 65.1 cm³/mol. The first-order valence-corrected chi connectivity index (χ1v) is 6.37. The first-order valence-electron chi connectivity index (χ1n) is 4.27. The minimum atomic E-state index is 0.637. The van der Waals surface area contributed by atoms with Crippen LogP contribution in [0.1, 0.15) is 5.69 Å². The molecule has 0 aliphatic carbocycles. The Morgan fingerprint density at radius 1 is 1.47 bits per heavy atom. The number of aromatic nitrogens is 2. The second-order valence-corrected chi connectivity index (χ2v) is 4.47. The minimum absolute atomic E-state index is 0.637. The van der Waals surface area contributed by atoms with Crippen LogP contribution >= 0.6 is 23.1 Å². The Bertz CT molecular complexity index is 498. The molecular weight excluding hydrogens is 224 g/mol. The summed E-state index contributed by atoms with van der Waals surface area (Å²) in [6, 6.07) is 5.86. The van der Waals surface area contributed by atoms with Crippen molar-refractivity contribution >= 4 is 23.1 Å². The lowest BCUT2D eigenvalue weighted by Crippen LogP contribution is -1.92. The van der Waals surface area contributed by atoms with Gasteiger partial charge in [0.15, 0.2) is 5.16 Å². The van der Waals surface area contributed by atoms with E-state index in [1.54, 1.807) is 11.3 Å². The summed E-state index contributed by atoms with van der Waals surface area (Å²) >= 11 is 3.14. The third kappa shape index (κ3) is 2.20. The molecule has 0 radical (unpaired) electrons. The lowest BCUT2D eigenvalue weighted by molar-refractivity contribution is 0.966. The second kappa shape index (κ2) is 4.47. The SMILES string of the molecule is C#Cc1cc(-c2cccs2)nc(SC)n1. The highest BCUT2D eigenvalue weighted by atomic mass is 32.2. The molecule has 2 aromatic rings. The molecule has 2 nitrogen and oxygen atoms in total. The summed E-state index contributed by atoms with van der Waals surface area (Å²) in [5, 5.41) is 2.74. The molecule has 0 spiro atoms. The molecule has 0 fully saturated rings. The molecule has 0 unspecified atom stereocenters. The van der Waals surface area contributed by atoms with Gasteiger partial charge in [-0.2, -0.15) is 0 Å². The fourth-order valence-electron chi connectivity index (χ4n) is 1.14. The van der Waals surface area contributed by atoms with Gasteiger partial charge in [-0.25, -0.2) is 9.97 Å². The molecule has 2 heterocycles. The molecule has 2 rings (SSSR count). The van der Waals surface area contributed by atoms with Gasteiger partial charge in [-0.15, -0.1) is 17.8 Å². The van der Waals surface area contributed by atoms with Crippen LogP contribution in [0.4, 0.5) is 0 Å². The molecule has 0 bridgehead atoms. The first-order chi connectivity index (χ1) is 7.33. The predicted octanol–water partition coefficient (Wildman–Crippen LogP) is 2.91. The summed E-state index contributed by atoms with van der Waals surface area (Å²) in [6.07, 6.45) is 7.29. The van der Waals surface area contributed by atoms with Crippen molar-refractivity contribution in [3.8, 4) is 22.9 Å². The second-order valence-electron chi connectivity index (χ2n) is 2.75. The Morgan fingerprint density at radius 3 is 2.93 bits per heavy atom. The van der Waals surface area contributed by atoms with Gasteiger partial charge in [-0.1, -0.05) is 23.7 Å². The third-order valence-corrected chi connectivity index (χ3v) is 3.25. The van der Waals surface area contributed by atoms with Gasteiger partial charge in [0.25, 0.3) is 0 Å². The van der Waals surface area contributed by atoms with E-state index in [9.17, 15) is 0 Å². The fourth-order valence-corrected chi connectivity index (χ4v) is 2.21. The number of terminal acetylenes is 1. The van der Waals surface area contributed by atoms with Gasteiger partial charge in [-0.3, -0.25) is 0 Å². The van der Waals surface area contributed by atoms with E-state index in [1.165, 1.54) is 11.8 Å². The smallest absolute Gasteiger partial charge is 0.189 e. The Balaban J connectivity index is 2.53. The van der Waals surface area contributed by atoms with E-state index >= 15 is 0 Å². The molecule has 15 heavy (non-hydrogen) atoms. The molecule has 0 N–H and O–H groups in total. The Labute approximate surface area is 96.8 Å². The zero-order chi connectivity index (χ0) is 10.7. The molecule has 0 saturated carbocycles. The van der Waals surface area contributed by atoms with E-state index < -0.39 is 0 Å². The van der Waals surface area contributed by atoms with Crippen LogP contribution in [0.2, 0.25) is 0 Å². The number of thiophene rings is 1. The highest BCUT2D eigenvalue weighted by Crippen LogP contribution is 2.24. The van der Waals surface area contributed by atoms with Gasteiger partial charge >= 0.3 is 0 Å². The van der Waals surface area contributed by atoms with E-state index in [4.69, 9.17) is 6.42 Å². The van der Waals surface area contributed by atoms with Gasteiger partial charge in [0.05, 0.1) is 10.6 Å². The van der Waals surface area contributed by atoms with Crippen LogP contribution in [0.3, 0.4) is 0 Å². The molecule has 0 amide bonds. The van der Waals surface area contributed by atoms with Crippen molar-refractivity contribution in [1.29, 1.82) is 0 Å². The zero-order valence-corrected chi connectivity index (χ0v) is 9.73. The van der Waals surface area contributed by atoms with Crippen molar-refractivity contribution in [2.45, 2.75) is 5.16 Å². The maximum absolute atomic E-state index is 5.35. The lowest BCUT2D eigenvalue weighted by atomic mass is 10.3. The Hall–Kier alpha value is -1.31. The molecule has 74 valence electrons. The standard InChI is InChI=1S/C11H8N2S2/c1-3-8-7-9(10-5-4-6-15-10)13-11(12-8)14-2/h1,4-7H,2H3. The van der Waals surface area contributed by atoms with E-state index in [0.29, 0.717) is 10.9 Å². The molecule has 0 aliphatic rings. The van der Waals surface area contributed by atoms with Crippen molar-refractivity contribution in [3.63, 3.8) is 0 Å². The summed E-state index contributed by atoms with van der Waals surface area (Å²) in [5.41, 5.74) is 1.54. The molecule has 0 saturated heterocycles. The van der Waals surface area contributed by atoms with Gasteiger partial charge in [0.1, 0.15) is 5.69 Å². The van der Waals surface area contributed by atoms with Crippen molar-refractivity contribution in [3.05, 3.63) is 29.3 Å². The van der Waals surface area contributed by atoms with Crippen LogP contribution in [-0.4, -0.2) is 16.2 Å². The van der Waals surface area contributed by atoms with Crippen molar-refractivity contribution in [1.82, 2.24) is 9.97 Å². The molecular formula is C11H8N2S2. The maximum Gasteiger partial charge on any atom is 0.189 e. The quantitative estimate of drug-likeness (QED) is 0.452. The zero-order valence-electron chi connectivity index (χ0n) is 8.10. The molecule has 0 aliphatic heterocycles. The van der Waals surface area contributed by atoms with Crippen LogP contribution in [0.15, 0.2) is 28.7 Å². The summed E-state index contributed by atoms with van der Waals surface area (Å²) in [5.74, 6) is 2.54. The van der Waals surface area contributed by atoms with Crippen LogP contribution in [-0.2, 0) is 0 Å². The average molecular weight is 232 g/mol. The van der Waals surface area contributed by atoms with Crippen molar-refractivity contribution in [2.24, 2.45) is 0 Å². The lowest BCUT2D eigenvalue weighted by Gasteiger charge is -2.00. The summed E-state index contributed by atoms with van der Waals surface area (Å²) in [4.78, 5) is 9.72. The topological polar surface area (TPSA) is 25.8 Å². The molecule has 0 aromatic carbocycles. The minimum Gasteiger partial charge on any atom is -0.222 e. The highest BCUT2D eigenvalue weighted by molar-refractivity contribution is 7.98. The molecule has 0 atom stereocenters. The number of hydrogen-bond acceptors (Lipinski definition) is 4. The van der Waals surface area contributed by atoms with Crippen LogP contribution in [0, 0.1) is 12.3 Å². The summed E-state index contributed by atoms with van der Waals surface area (Å²) in [7, 11) is 0. The van der Waals surface area contributed by atoms with E-state index in [2.05, 4.69) is 15.9 Å². The van der Waals surface area contributed by atoms with E-state index in [1.807, 2.05) is 29.8 Å². The fraction of sp³-hybridized carbons (Fsp3) is 0.0909. The summed E-state index contributed by atoms with van der Waals surface area (Å²) < 4.78 is 0. The highest BCUT2D eigenvalue weighted by Gasteiger charge is 2.05. The number of nitrogens with zero attached hydrogens (tertiary/aromatic N) is 2. The van der Waals surface area contributed by atoms with Crippen LogP contribution in [0.5, 0.6) is 0 Å². The molecule has 2 aromatic heterocycles. The maximum atomic E-state index is 5.35. The third-order valence-electron chi connectivity index (χ3n) is 1.81. The van der Waals surface area contributed by atoms with Crippen molar-refractivity contribution in [2.75, 3.05) is 6.26 Å². The summed E-state index contributed by atoms with van der Waals surface area (Å²) in [6.45, 7) is 0. The molecule has 4 heteroatoms. The number of thioether (sulfide) groups is 1. The monoisotopic (exact) mass is 232 g/mol. The largest absolute Gasteiger partial charge is 0.222 e. The number of hydrogen-bond donors (Lipinski definition) is 0. The van der Waals surface area contributed by atoms with Gasteiger partial charge in [-0.05, 0) is 23.8 Å². The van der Waals surface area contributed by atoms with E-state index in [0.717, 1.165) is 10.6 Å². The van der Waals surface area contributed by atoms with Gasteiger partial charge in [0, 0.05) is 0 Å². The van der Waals surface area contributed by atoms with Gasteiger partial charge < -0.3 is 0 Å². The normalized spacial score (nSPS) is 9.87. The van der Waals surface area contributed by atoms with Crippen molar-refractivity contribution < 1.29 is 0 Å². The van der Waals surface area contributed by atoms with Gasteiger partial charge in [0.2, 0.25) is 0 Å². The van der Waals surface area contributed by atoms with Crippen LogP contribution in [0.25, 0.3) is 10.6 Å². The number of rotatable bonds is 2. The van der Waals surface area contributed by atoms with E-state index in [-0.39, 0.29) is 0 Å². The average Bonchev–Trinajstić information content (AvgIpc) is 2.81. The Kier molecular flexibility index (Phi) is 3.05. The van der Waals surface area contributed by atoms with Crippen LogP contribution < -0.4 is 0 Å².